The molecule has 0 bridgehead atoms. The first-order chi connectivity index (χ1) is 9.69. The van der Waals surface area contributed by atoms with Gasteiger partial charge in [0, 0.05) is 6.61 Å². The summed E-state index contributed by atoms with van der Waals surface area (Å²) in [6, 6.07) is 5.00. The Morgan fingerprint density at radius 1 is 1.45 bits per heavy atom. The van der Waals surface area contributed by atoms with E-state index in [-0.39, 0.29) is 23.7 Å². The lowest BCUT2D eigenvalue weighted by molar-refractivity contribution is 0.0192. The quantitative estimate of drug-likeness (QED) is 0.566. The minimum absolute atomic E-state index is 0.00440. The van der Waals surface area contributed by atoms with Gasteiger partial charge in [0.25, 0.3) is 0 Å². The van der Waals surface area contributed by atoms with Gasteiger partial charge in [-0.3, -0.25) is 11.3 Å². The van der Waals surface area contributed by atoms with Gasteiger partial charge in [0.2, 0.25) is 0 Å². The van der Waals surface area contributed by atoms with Crippen LogP contribution in [0.25, 0.3) is 0 Å². The predicted octanol–water partition coefficient (Wildman–Crippen LogP) is 2.02. The van der Waals surface area contributed by atoms with E-state index in [1.807, 2.05) is 13.0 Å². The van der Waals surface area contributed by atoms with E-state index in [0.717, 1.165) is 5.56 Å². The van der Waals surface area contributed by atoms with E-state index >= 15 is 0 Å². The Morgan fingerprint density at radius 3 is 2.70 bits per heavy atom. The Bertz CT molecular complexity index is 438. The number of ether oxygens (including phenoxy) is 2. The Balaban J connectivity index is 2.06. The first-order valence-corrected chi connectivity index (χ1v) is 7.09. The van der Waals surface area contributed by atoms with E-state index in [1.165, 1.54) is 26.0 Å². The fourth-order valence-electron chi connectivity index (χ4n) is 2.56. The van der Waals surface area contributed by atoms with Crippen LogP contribution < -0.4 is 16.0 Å². The molecule has 0 radical (unpaired) electrons. The van der Waals surface area contributed by atoms with Crippen molar-refractivity contribution in [2.45, 2.75) is 38.3 Å². The van der Waals surface area contributed by atoms with Gasteiger partial charge in [-0.05, 0) is 49.8 Å². The van der Waals surface area contributed by atoms with Crippen LogP contribution in [0.3, 0.4) is 0 Å². The molecule has 2 unspecified atom stereocenters. The molecular formula is C15H23FN2O2. The van der Waals surface area contributed by atoms with E-state index in [4.69, 9.17) is 15.3 Å². The number of benzene rings is 1. The van der Waals surface area contributed by atoms with Gasteiger partial charge in [-0.25, -0.2) is 4.39 Å². The Kier molecular flexibility index (Phi) is 5.34. The summed E-state index contributed by atoms with van der Waals surface area (Å²) in [6.07, 6.45) is 3.09. The Labute approximate surface area is 119 Å². The molecule has 1 saturated carbocycles. The summed E-state index contributed by atoms with van der Waals surface area (Å²) in [5.41, 5.74) is 3.71. The maximum absolute atomic E-state index is 13.7. The highest BCUT2D eigenvalue weighted by molar-refractivity contribution is 5.29. The number of hydrazine groups is 1. The first-order valence-electron chi connectivity index (χ1n) is 7.09. The van der Waals surface area contributed by atoms with Crippen LogP contribution in [0.2, 0.25) is 0 Å². The fourth-order valence-corrected chi connectivity index (χ4v) is 2.56. The third kappa shape index (κ3) is 3.69. The third-order valence-electron chi connectivity index (χ3n) is 3.73. The van der Waals surface area contributed by atoms with Crippen molar-refractivity contribution in [2.24, 2.45) is 11.8 Å². The Morgan fingerprint density at radius 2 is 2.20 bits per heavy atom. The van der Waals surface area contributed by atoms with Crippen LogP contribution in [0.4, 0.5) is 4.39 Å². The normalized spacial score (nSPS) is 17.8. The number of rotatable bonds is 8. The molecule has 4 nitrogen and oxygen atoms in total. The van der Waals surface area contributed by atoms with Crippen LogP contribution in [0.1, 0.15) is 25.3 Å². The average Bonchev–Trinajstić information content (AvgIpc) is 3.27. The van der Waals surface area contributed by atoms with Gasteiger partial charge in [-0.15, -0.1) is 0 Å². The van der Waals surface area contributed by atoms with Crippen molar-refractivity contribution in [3.8, 4) is 5.75 Å². The molecule has 2 atom stereocenters. The number of hydrogen-bond donors (Lipinski definition) is 2. The highest BCUT2D eigenvalue weighted by atomic mass is 19.1. The summed E-state index contributed by atoms with van der Waals surface area (Å²) >= 11 is 0. The highest BCUT2D eigenvalue weighted by Gasteiger charge is 2.36. The molecule has 0 spiro atoms. The fraction of sp³-hybridized carbons (Fsp3) is 0.600. The first kappa shape index (κ1) is 15.2. The molecule has 2 rings (SSSR count). The molecule has 20 heavy (non-hydrogen) atoms. The number of hydrogen-bond acceptors (Lipinski definition) is 4. The summed E-state index contributed by atoms with van der Waals surface area (Å²) in [6.45, 7) is 2.65. The predicted molar refractivity (Wildman–Crippen MR) is 75.9 cm³/mol. The van der Waals surface area contributed by atoms with E-state index in [9.17, 15) is 4.39 Å². The average molecular weight is 282 g/mol. The molecule has 5 heteroatoms. The number of nitrogens with one attached hydrogen (secondary N) is 1. The number of halogens is 1. The second-order valence-electron chi connectivity index (χ2n) is 5.20. The maximum atomic E-state index is 13.7. The van der Waals surface area contributed by atoms with Gasteiger partial charge in [0.15, 0.2) is 11.6 Å². The summed E-state index contributed by atoms with van der Waals surface area (Å²) < 4.78 is 24.4. The van der Waals surface area contributed by atoms with Crippen molar-refractivity contribution in [2.75, 3.05) is 13.7 Å². The van der Waals surface area contributed by atoms with Gasteiger partial charge in [-0.1, -0.05) is 6.07 Å². The highest BCUT2D eigenvalue weighted by Crippen LogP contribution is 2.36. The maximum Gasteiger partial charge on any atom is 0.165 e. The number of methoxy groups -OCH3 is 1. The molecule has 1 fully saturated rings. The van der Waals surface area contributed by atoms with E-state index < -0.39 is 0 Å². The van der Waals surface area contributed by atoms with Gasteiger partial charge >= 0.3 is 0 Å². The SMILES string of the molecule is CCOC(C1CC1)C(Cc1ccc(OC)c(F)c1)NN. The van der Waals surface area contributed by atoms with Gasteiger partial charge in [0.1, 0.15) is 0 Å². The molecule has 0 amide bonds. The molecule has 0 saturated heterocycles. The van der Waals surface area contributed by atoms with Crippen LogP contribution >= 0.6 is 0 Å². The van der Waals surface area contributed by atoms with Crippen LogP contribution in [-0.2, 0) is 11.2 Å². The van der Waals surface area contributed by atoms with Gasteiger partial charge < -0.3 is 9.47 Å². The van der Waals surface area contributed by atoms with E-state index in [1.54, 1.807) is 6.07 Å². The second-order valence-corrected chi connectivity index (χ2v) is 5.20. The molecule has 0 aromatic heterocycles. The standard InChI is InChI=1S/C15H23FN2O2/c1-3-20-15(11-5-6-11)13(18-17)9-10-4-7-14(19-2)12(16)8-10/h4,7-8,11,13,15,18H,3,5-6,9,17H2,1-2H3. The van der Waals surface area contributed by atoms with Gasteiger partial charge in [-0.2, -0.15) is 0 Å². The Hall–Kier alpha value is -1.17. The monoisotopic (exact) mass is 282 g/mol. The summed E-state index contributed by atoms with van der Waals surface area (Å²) in [7, 11) is 1.46. The molecule has 0 heterocycles. The summed E-state index contributed by atoms with van der Waals surface area (Å²) in [5, 5.41) is 0. The molecule has 1 aromatic rings. The van der Waals surface area contributed by atoms with E-state index in [0.29, 0.717) is 18.9 Å². The van der Waals surface area contributed by atoms with Gasteiger partial charge in [0.05, 0.1) is 19.3 Å². The molecule has 112 valence electrons. The minimum atomic E-state index is -0.347. The van der Waals surface area contributed by atoms with Crippen molar-refractivity contribution in [3.05, 3.63) is 29.6 Å². The summed E-state index contributed by atoms with van der Waals surface area (Å²) in [5.74, 6) is 6.14. The van der Waals surface area contributed by atoms with Crippen LogP contribution in [0, 0.1) is 11.7 Å². The molecule has 3 N–H and O–H groups in total. The minimum Gasteiger partial charge on any atom is -0.494 e. The van der Waals surface area contributed by atoms with Crippen molar-refractivity contribution in [3.63, 3.8) is 0 Å². The smallest absolute Gasteiger partial charge is 0.165 e. The van der Waals surface area contributed by atoms with Crippen LogP contribution in [-0.4, -0.2) is 25.9 Å². The van der Waals surface area contributed by atoms with Crippen molar-refractivity contribution < 1.29 is 13.9 Å². The van der Waals surface area contributed by atoms with Crippen molar-refractivity contribution in [1.82, 2.24) is 5.43 Å². The molecular weight excluding hydrogens is 259 g/mol. The number of nitrogens with two attached hydrogens (primary N) is 1. The molecule has 1 aliphatic carbocycles. The molecule has 0 aliphatic heterocycles. The molecule has 1 aromatic carbocycles. The van der Waals surface area contributed by atoms with Crippen LogP contribution in [0.15, 0.2) is 18.2 Å². The summed E-state index contributed by atoms with van der Waals surface area (Å²) in [4.78, 5) is 0. The lowest BCUT2D eigenvalue weighted by Crippen LogP contribution is -2.47. The lowest BCUT2D eigenvalue weighted by Gasteiger charge is -2.26. The van der Waals surface area contributed by atoms with Crippen molar-refractivity contribution >= 4 is 0 Å². The topological polar surface area (TPSA) is 56.5 Å². The zero-order valence-corrected chi connectivity index (χ0v) is 12.1. The zero-order valence-electron chi connectivity index (χ0n) is 12.1. The molecule has 1 aliphatic rings. The second kappa shape index (κ2) is 7.02. The van der Waals surface area contributed by atoms with Crippen molar-refractivity contribution in [1.29, 1.82) is 0 Å². The van der Waals surface area contributed by atoms with Crippen LogP contribution in [0.5, 0.6) is 5.75 Å². The third-order valence-corrected chi connectivity index (χ3v) is 3.73. The van der Waals surface area contributed by atoms with E-state index in [2.05, 4.69) is 5.43 Å². The largest absolute Gasteiger partial charge is 0.494 e. The lowest BCUT2D eigenvalue weighted by atomic mass is 9.98. The zero-order chi connectivity index (χ0) is 14.5.